The van der Waals surface area contributed by atoms with Crippen molar-refractivity contribution in [3.8, 4) is 0 Å². The van der Waals surface area contributed by atoms with Gasteiger partial charge in [0.25, 0.3) is 0 Å². The number of carbonyl (C=O) groups is 2. The number of urea groups is 1. The van der Waals surface area contributed by atoms with E-state index in [1.54, 1.807) is 11.3 Å². The molecule has 1 aliphatic rings. The topological polar surface area (TPSA) is 69.6 Å². The number of carboxylic acid groups (broad SMARTS) is 1. The van der Waals surface area contributed by atoms with E-state index in [0.717, 1.165) is 21.5 Å². The summed E-state index contributed by atoms with van der Waals surface area (Å²) in [5, 5.41) is 12.1. The van der Waals surface area contributed by atoms with Crippen molar-refractivity contribution < 1.29 is 14.7 Å². The molecule has 1 fully saturated rings. The molecule has 2 N–H and O–H groups in total. The first kappa shape index (κ1) is 16.3. The van der Waals surface area contributed by atoms with Gasteiger partial charge in [-0.2, -0.15) is 0 Å². The van der Waals surface area contributed by atoms with Crippen molar-refractivity contribution in [1.82, 2.24) is 10.2 Å². The lowest BCUT2D eigenvalue weighted by atomic mass is 9.89. The minimum atomic E-state index is -0.915. The van der Waals surface area contributed by atoms with Crippen LogP contribution in [-0.2, 0) is 11.3 Å². The Morgan fingerprint density at radius 1 is 1.52 bits per heavy atom. The molecular weight excluding hydrogens is 356 g/mol. The van der Waals surface area contributed by atoms with E-state index in [1.807, 2.05) is 12.1 Å². The molecule has 0 spiro atoms. The zero-order valence-corrected chi connectivity index (χ0v) is 14.2. The van der Waals surface area contributed by atoms with Crippen molar-refractivity contribution in [3.05, 3.63) is 20.8 Å². The van der Waals surface area contributed by atoms with E-state index in [1.165, 1.54) is 4.90 Å². The van der Waals surface area contributed by atoms with Gasteiger partial charge in [0, 0.05) is 11.4 Å². The Hall–Kier alpha value is -1.08. The minimum absolute atomic E-state index is 0.290. The molecule has 2 unspecified atom stereocenters. The van der Waals surface area contributed by atoms with E-state index in [4.69, 9.17) is 0 Å². The number of carbonyl (C=O) groups excluding carboxylic acids is 1. The fourth-order valence-corrected chi connectivity index (χ4v) is 4.02. The highest BCUT2D eigenvalue weighted by molar-refractivity contribution is 9.11. The normalized spacial score (nSPS) is 22.1. The third-order valence-electron chi connectivity index (χ3n) is 3.88. The van der Waals surface area contributed by atoms with Crippen LogP contribution in [0.1, 0.15) is 31.1 Å². The quantitative estimate of drug-likeness (QED) is 0.849. The van der Waals surface area contributed by atoms with Crippen LogP contribution in [0.3, 0.4) is 0 Å². The number of thiophene rings is 1. The third kappa shape index (κ3) is 4.20. The average Bonchev–Trinajstić information content (AvgIpc) is 2.89. The number of nitrogens with one attached hydrogen (secondary N) is 1. The Morgan fingerprint density at radius 2 is 2.29 bits per heavy atom. The van der Waals surface area contributed by atoms with Gasteiger partial charge < -0.3 is 15.3 Å². The summed E-state index contributed by atoms with van der Waals surface area (Å²) in [6, 6.07) is 2.87. The molecule has 0 aliphatic carbocycles. The molecule has 0 radical (unpaired) electrons. The summed E-state index contributed by atoms with van der Waals surface area (Å²) in [6.45, 7) is 3.00. The molecule has 2 amide bonds. The predicted molar refractivity (Wildman–Crippen MR) is 85.4 cm³/mol. The second-order valence-electron chi connectivity index (χ2n) is 5.21. The molecule has 21 heavy (non-hydrogen) atoms. The van der Waals surface area contributed by atoms with Crippen molar-refractivity contribution in [2.75, 3.05) is 6.54 Å². The van der Waals surface area contributed by atoms with Gasteiger partial charge in [-0.25, -0.2) is 9.59 Å². The smallest absolute Gasteiger partial charge is 0.326 e. The summed E-state index contributed by atoms with van der Waals surface area (Å²) in [7, 11) is 0. The molecule has 1 aromatic heterocycles. The van der Waals surface area contributed by atoms with Crippen LogP contribution in [0.25, 0.3) is 0 Å². The molecule has 2 heterocycles. The van der Waals surface area contributed by atoms with Crippen LogP contribution < -0.4 is 5.32 Å². The van der Waals surface area contributed by atoms with Gasteiger partial charge in [-0.1, -0.05) is 13.3 Å². The molecule has 2 rings (SSSR count). The molecule has 7 heteroatoms. The van der Waals surface area contributed by atoms with E-state index in [2.05, 4.69) is 28.2 Å². The van der Waals surface area contributed by atoms with Crippen molar-refractivity contribution in [2.45, 2.75) is 38.8 Å². The van der Waals surface area contributed by atoms with E-state index < -0.39 is 12.0 Å². The number of hydrogen-bond donors (Lipinski definition) is 2. The van der Waals surface area contributed by atoms with Crippen LogP contribution in [0.5, 0.6) is 0 Å². The lowest BCUT2D eigenvalue weighted by molar-refractivity contribution is -0.144. The fraction of sp³-hybridized carbons (Fsp3) is 0.571. The van der Waals surface area contributed by atoms with Gasteiger partial charge in [0.05, 0.1) is 10.3 Å². The predicted octanol–water partition coefficient (Wildman–Crippen LogP) is 3.30. The highest BCUT2D eigenvalue weighted by Crippen LogP contribution is 2.26. The molecule has 0 saturated carbocycles. The maximum absolute atomic E-state index is 12.2. The van der Waals surface area contributed by atoms with Crippen LogP contribution in [0.15, 0.2) is 15.9 Å². The summed E-state index contributed by atoms with van der Waals surface area (Å²) in [5.41, 5.74) is 0. The average molecular weight is 375 g/mol. The molecule has 1 aromatic rings. The third-order valence-corrected chi connectivity index (χ3v) is 5.50. The summed E-state index contributed by atoms with van der Waals surface area (Å²) >= 11 is 4.93. The van der Waals surface area contributed by atoms with E-state index in [9.17, 15) is 14.7 Å². The van der Waals surface area contributed by atoms with Crippen LogP contribution in [0.2, 0.25) is 0 Å². The number of rotatable bonds is 4. The van der Waals surface area contributed by atoms with E-state index >= 15 is 0 Å². The number of halogens is 1. The first-order valence-electron chi connectivity index (χ1n) is 7.02. The van der Waals surface area contributed by atoms with Crippen molar-refractivity contribution in [3.63, 3.8) is 0 Å². The largest absolute Gasteiger partial charge is 0.480 e. The first-order valence-corrected chi connectivity index (χ1v) is 8.63. The molecule has 1 saturated heterocycles. The van der Waals surface area contributed by atoms with Gasteiger partial charge >= 0.3 is 12.0 Å². The monoisotopic (exact) mass is 374 g/mol. The van der Waals surface area contributed by atoms with Crippen LogP contribution in [-0.4, -0.2) is 34.6 Å². The number of piperidine rings is 1. The Kier molecular flexibility index (Phi) is 5.64. The van der Waals surface area contributed by atoms with Gasteiger partial charge in [0.2, 0.25) is 0 Å². The van der Waals surface area contributed by atoms with Crippen molar-refractivity contribution >= 4 is 39.3 Å². The van der Waals surface area contributed by atoms with Crippen molar-refractivity contribution in [1.29, 1.82) is 0 Å². The van der Waals surface area contributed by atoms with Gasteiger partial charge in [-0.15, -0.1) is 11.3 Å². The van der Waals surface area contributed by atoms with Crippen LogP contribution in [0, 0.1) is 5.92 Å². The number of hydrogen-bond acceptors (Lipinski definition) is 3. The summed E-state index contributed by atoms with van der Waals surface area (Å²) in [4.78, 5) is 26.1. The maximum atomic E-state index is 12.2. The Morgan fingerprint density at radius 3 is 2.86 bits per heavy atom. The van der Waals surface area contributed by atoms with E-state index in [0.29, 0.717) is 25.4 Å². The molecule has 0 aromatic carbocycles. The molecule has 1 aliphatic heterocycles. The SMILES string of the molecule is CCC1CCN(C(=O)NCc2ccc(Br)s2)C(C(=O)O)C1. The minimum Gasteiger partial charge on any atom is -0.480 e. The van der Waals surface area contributed by atoms with Gasteiger partial charge in [0.15, 0.2) is 0 Å². The number of carboxylic acids is 1. The Labute approximate surface area is 136 Å². The molecule has 0 bridgehead atoms. The van der Waals surface area contributed by atoms with Gasteiger partial charge in [-0.3, -0.25) is 0 Å². The zero-order valence-electron chi connectivity index (χ0n) is 11.8. The second kappa shape index (κ2) is 7.26. The molecule has 2 atom stereocenters. The second-order valence-corrected chi connectivity index (χ2v) is 7.76. The standard InChI is InChI=1S/C14H19BrN2O3S/c1-2-9-5-6-17(11(7-9)13(18)19)14(20)16-8-10-3-4-12(15)21-10/h3-4,9,11H,2,5-8H2,1H3,(H,16,20)(H,18,19). The van der Waals surface area contributed by atoms with Gasteiger partial charge in [0.1, 0.15) is 6.04 Å². The summed E-state index contributed by atoms with van der Waals surface area (Å²) in [5.74, 6) is -0.523. The maximum Gasteiger partial charge on any atom is 0.326 e. The lowest BCUT2D eigenvalue weighted by Crippen LogP contribution is -2.53. The number of likely N-dealkylation sites (tertiary alicyclic amines) is 1. The van der Waals surface area contributed by atoms with Crippen LogP contribution in [0.4, 0.5) is 4.79 Å². The highest BCUT2D eigenvalue weighted by Gasteiger charge is 2.35. The first-order chi connectivity index (χ1) is 10.0. The van der Waals surface area contributed by atoms with E-state index in [-0.39, 0.29) is 6.03 Å². The fourth-order valence-electron chi connectivity index (χ4n) is 2.60. The summed E-state index contributed by atoms with van der Waals surface area (Å²) in [6.07, 6.45) is 2.38. The molecular formula is C14H19BrN2O3S. The Bertz CT molecular complexity index is 520. The van der Waals surface area contributed by atoms with Gasteiger partial charge in [-0.05, 0) is 46.8 Å². The Balaban J connectivity index is 1.95. The number of nitrogens with zero attached hydrogens (tertiary/aromatic N) is 1. The van der Waals surface area contributed by atoms with Crippen LogP contribution >= 0.6 is 27.3 Å². The summed E-state index contributed by atoms with van der Waals surface area (Å²) < 4.78 is 1.01. The molecule has 5 nitrogen and oxygen atoms in total. The molecule has 116 valence electrons. The van der Waals surface area contributed by atoms with Crippen molar-refractivity contribution in [2.24, 2.45) is 5.92 Å². The highest BCUT2D eigenvalue weighted by atomic mass is 79.9. The zero-order chi connectivity index (χ0) is 15.4. The lowest BCUT2D eigenvalue weighted by Gasteiger charge is -2.36. The number of amides is 2. The number of aliphatic carboxylic acids is 1.